The van der Waals surface area contributed by atoms with Gasteiger partial charge in [-0.25, -0.2) is 0 Å². The lowest BCUT2D eigenvalue weighted by atomic mass is 9.87. The first kappa shape index (κ1) is 17.0. The Balaban J connectivity index is 1.98. The second kappa shape index (κ2) is 7.08. The Morgan fingerprint density at radius 1 is 0.926 bits per heavy atom. The summed E-state index contributed by atoms with van der Waals surface area (Å²) in [6.07, 6.45) is 0. The van der Waals surface area contributed by atoms with Crippen LogP contribution in [0.3, 0.4) is 0 Å². The summed E-state index contributed by atoms with van der Waals surface area (Å²) in [5.41, 5.74) is 6.10. The Kier molecular flexibility index (Phi) is 4.47. The van der Waals surface area contributed by atoms with E-state index in [1.54, 1.807) is 0 Å². The second-order valence-electron chi connectivity index (χ2n) is 6.80. The number of aryl methyl sites for hydroxylation is 1. The van der Waals surface area contributed by atoms with Gasteiger partial charge in [0.15, 0.2) is 0 Å². The number of nitro groups is 1. The first-order chi connectivity index (χ1) is 13.1. The molecule has 0 bridgehead atoms. The molecular weight excluding hydrogens is 336 g/mol. The number of para-hydroxylation sites is 1. The molecule has 4 heteroatoms. The minimum absolute atomic E-state index is 0.148. The van der Waals surface area contributed by atoms with Crippen molar-refractivity contribution in [3.63, 3.8) is 0 Å². The van der Waals surface area contributed by atoms with Gasteiger partial charge in [-0.05, 0) is 29.7 Å². The summed E-state index contributed by atoms with van der Waals surface area (Å²) in [5, 5.41) is 12.5. The lowest BCUT2D eigenvalue weighted by Crippen LogP contribution is -2.14. The Hall–Kier alpha value is -3.40. The summed E-state index contributed by atoms with van der Waals surface area (Å²) in [4.78, 5) is 14.8. The van der Waals surface area contributed by atoms with Crippen molar-refractivity contribution >= 4 is 10.9 Å². The van der Waals surface area contributed by atoms with Gasteiger partial charge in [-0.2, -0.15) is 0 Å². The summed E-state index contributed by atoms with van der Waals surface area (Å²) >= 11 is 0. The van der Waals surface area contributed by atoms with E-state index in [0.29, 0.717) is 0 Å². The molecule has 0 fully saturated rings. The first-order valence-electron chi connectivity index (χ1n) is 8.98. The SMILES string of the molecule is Cc1ccc(-c2[nH]c3ccccc3c2[C@@H](C[N+](=O)[O-])c2ccccc2)cc1. The fraction of sp³-hybridized carbons (Fsp3) is 0.130. The molecule has 0 amide bonds. The van der Waals surface area contributed by atoms with Crippen LogP contribution in [0.2, 0.25) is 0 Å². The van der Waals surface area contributed by atoms with Crippen molar-refractivity contribution in [2.75, 3.05) is 6.54 Å². The lowest BCUT2D eigenvalue weighted by molar-refractivity contribution is -0.481. The zero-order chi connectivity index (χ0) is 18.8. The molecule has 0 aliphatic carbocycles. The molecule has 0 radical (unpaired) electrons. The van der Waals surface area contributed by atoms with Gasteiger partial charge in [0, 0.05) is 15.8 Å². The van der Waals surface area contributed by atoms with Gasteiger partial charge in [-0.15, -0.1) is 0 Å². The van der Waals surface area contributed by atoms with Crippen molar-refractivity contribution in [3.8, 4) is 11.3 Å². The third kappa shape index (κ3) is 3.34. The highest BCUT2D eigenvalue weighted by Gasteiger charge is 2.27. The van der Waals surface area contributed by atoms with Crippen molar-refractivity contribution in [2.45, 2.75) is 12.8 Å². The fourth-order valence-corrected chi connectivity index (χ4v) is 3.67. The van der Waals surface area contributed by atoms with Gasteiger partial charge in [-0.3, -0.25) is 10.1 Å². The molecule has 27 heavy (non-hydrogen) atoms. The number of nitrogens with one attached hydrogen (secondary N) is 1. The highest BCUT2D eigenvalue weighted by molar-refractivity contribution is 5.92. The predicted molar refractivity (Wildman–Crippen MR) is 109 cm³/mol. The van der Waals surface area contributed by atoms with Gasteiger partial charge in [0.2, 0.25) is 6.54 Å². The summed E-state index contributed by atoms with van der Waals surface area (Å²) in [7, 11) is 0. The molecule has 4 aromatic rings. The van der Waals surface area contributed by atoms with Gasteiger partial charge in [-0.1, -0.05) is 78.4 Å². The third-order valence-electron chi connectivity index (χ3n) is 4.97. The molecule has 4 rings (SSSR count). The number of benzene rings is 3. The van der Waals surface area contributed by atoms with Crippen molar-refractivity contribution < 1.29 is 4.92 Å². The molecule has 0 aliphatic heterocycles. The van der Waals surface area contributed by atoms with Crippen LogP contribution in [0, 0.1) is 17.0 Å². The molecule has 1 heterocycles. The van der Waals surface area contributed by atoms with Crippen molar-refractivity contribution in [1.82, 2.24) is 4.98 Å². The number of aromatic nitrogens is 1. The lowest BCUT2D eigenvalue weighted by Gasteiger charge is -2.16. The first-order valence-corrected chi connectivity index (χ1v) is 8.98. The molecule has 134 valence electrons. The van der Waals surface area contributed by atoms with E-state index in [4.69, 9.17) is 0 Å². The van der Waals surface area contributed by atoms with E-state index in [1.165, 1.54) is 5.56 Å². The Bertz CT molecular complexity index is 1080. The largest absolute Gasteiger partial charge is 0.354 e. The van der Waals surface area contributed by atoms with Crippen LogP contribution in [-0.4, -0.2) is 16.5 Å². The number of hydrogen-bond donors (Lipinski definition) is 1. The standard InChI is InChI=1S/C23H20N2O2/c1-16-11-13-18(14-12-16)23-22(19-9-5-6-10-21(19)24-23)20(15-25(26)27)17-7-3-2-4-8-17/h2-14,20,24H,15H2,1H3/t20-/m0/s1. The molecule has 0 aliphatic rings. The predicted octanol–water partition coefficient (Wildman–Crippen LogP) is 5.55. The van der Waals surface area contributed by atoms with Crippen molar-refractivity contribution in [3.05, 3.63) is 106 Å². The molecule has 4 nitrogen and oxygen atoms in total. The van der Waals surface area contributed by atoms with Crippen molar-refractivity contribution in [1.29, 1.82) is 0 Å². The highest BCUT2D eigenvalue weighted by atomic mass is 16.6. The molecule has 1 N–H and O–H groups in total. The fourth-order valence-electron chi connectivity index (χ4n) is 3.67. The normalized spacial score (nSPS) is 12.2. The van der Waals surface area contributed by atoms with Crippen LogP contribution in [0.5, 0.6) is 0 Å². The van der Waals surface area contributed by atoms with Crippen LogP contribution in [0.15, 0.2) is 78.9 Å². The molecular formula is C23H20N2O2. The number of H-pyrrole nitrogens is 1. The maximum absolute atomic E-state index is 11.5. The van der Waals surface area contributed by atoms with Gasteiger partial charge in [0.25, 0.3) is 0 Å². The van der Waals surface area contributed by atoms with Crippen LogP contribution >= 0.6 is 0 Å². The van der Waals surface area contributed by atoms with E-state index in [9.17, 15) is 10.1 Å². The van der Waals surface area contributed by atoms with Crippen LogP contribution in [0.1, 0.15) is 22.6 Å². The number of hydrogen-bond acceptors (Lipinski definition) is 2. The van der Waals surface area contributed by atoms with Gasteiger partial charge >= 0.3 is 0 Å². The molecule has 0 saturated heterocycles. The van der Waals surface area contributed by atoms with E-state index in [0.717, 1.165) is 33.3 Å². The number of fused-ring (bicyclic) bond motifs is 1. The third-order valence-corrected chi connectivity index (χ3v) is 4.97. The Labute approximate surface area is 157 Å². The van der Waals surface area contributed by atoms with E-state index in [2.05, 4.69) is 36.2 Å². The molecule has 0 saturated carbocycles. The maximum Gasteiger partial charge on any atom is 0.214 e. The zero-order valence-electron chi connectivity index (χ0n) is 15.1. The van der Waals surface area contributed by atoms with Crippen LogP contribution in [0.4, 0.5) is 0 Å². The van der Waals surface area contributed by atoms with Gasteiger partial charge in [0.05, 0.1) is 11.6 Å². The van der Waals surface area contributed by atoms with Gasteiger partial charge in [0.1, 0.15) is 0 Å². The van der Waals surface area contributed by atoms with Gasteiger partial charge < -0.3 is 4.98 Å². The summed E-state index contributed by atoms with van der Waals surface area (Å²) in [5.74, 6) is -0.325. The molecule has 0 unspecified atom stereocenters. The highest BCUT2D eigenvalue weighted by Crippen LogP contribution is 2.39. The Morgan fingerprint density at radius 3 is 2.30 bits per heavy atom. The molecule has 1 atom stereocenters. The quantitative estimate of drug-likeness (QED) is 0.376. The van der Waals surface area contributed by atoms with E-state index >= 15 is 0 Å². The summed E-state index contributed by atoms with van der Waals surface area (Å²) in [6.45, 7) is 1.90. The smallest absolute Gasteiger partial charge is 0.214 e. The average molecular weight is 356 g/mol. The molecule has 0 spiro atoms. The molecule has 1 aromatic heterocycles. The van der Waals surface area contributed by atoms with Crippen molar-refractivity contribution in [2.24, 2.45) is 0 Å². The van der Waals surface area contributed by atoms with Crippen LogP contribution in [-0.2, 0) is 0 Å². The van der Waals surface area contributed by atoms with E-state index < -0.39 is 0 Å². The summed E-state index contributed by atoms with van der Waals surface area (Å²) < 4.78 is 0. The van der Waals surface area contributed by atoms with E-state index in [-0.39, 0.29) is 17.4 Å². The number of aromatic amines is 1. The second-order valence-corrected chi connectivity index (χ2v) is 6.80. The zero-order valence-corrected chi connectivity index (χ0v) is 15.1. The number of nitrogens with zero attached hydrogens (tertiary/aromatic N) is 1. The topological polar surface area (TPSA) is 58.9 Å². The van der Waals surface area contributed by atoms with Crippen LogP contribution in [0.25, 0.3) is 22.2 Å². The maximum atomic E-state index is 11.5. The number of rotatable bonds is 5. The monoisotopic (exact) mass is 356 g/mol. The van der Waals surface area contributed by atoms with E-state index in [1.807, 2.05) is 54.6 Å². The minimum atomic E-state index is -0.325. The van der Waals surface area contributed by atoms with Crippen LogP contribution < -0.4 is 0 Å². The minimum Gasteiger partial charge on any atom is -0.354 e. The summed E-state index contributed by atoms with van der Waals surface area (Å²) in [6, 6.07) is 26.0. The Morgan fingerprint density at radius 2 is 1.59 bits per heavy atom. The molecule has 3 aromatic carbocycles. The average Bonchev–Trinajstić information content (AvgIpc) is 3.06.